The van der Waals surface area contributed by atoms with E-state index in [2.05, 4.69) is 17.6 Å². The number of esters is 1. The van der Waals surface area contributed by atoms with Gasteiger partial charge in [-0.15, -0.1) is 11.3 Å². The van der Waals surface area contributed by atoms with Crippen LogP contribution >= 0.6 is 11.3 Å². The van der Waals surface area contributed by atoms with Crippen molar-refractivity contribution in [2.45, 2.75) is 46.1 Å². The van der Waals surface area contributed by atoms with E-state index in [0.717, 1.165) is 29.7 Å². The molecule has 0 bridgehead atoms. The van der Waals surface area contributed by atoms with E-state index in [1.165, 1.54) is 11.3 Å². The van der Waals surface area contributed by atoms with Crippen molar-refractivity contribution >= 4 is 39.8 Å². The predicted octanol–water partition coefficient (Wildman–Crippen LogP) is 5.71. The van der Waals surface area contributed by atoms with Gasteiger partial charge in [-0.1, -0.05) is 25.1 Å². The summed E-state index contributed by atoms with van der Waals surface area (Å²) in [5.41, 5.74) is 2.59. The number of rotatable bonds is 8. The Kier molecular flexibility index (Phi) is 8.05. The maximum Gasteiger partial charge on any atom is 0.341 e. The summed E-state index contributed by atoms with van der Waals surface area (Å²) in [6, 6.07) is 15.7. The first kappa shape index (κ1) is 25.4. The molecule has 1 aliphatic rings. The lowest BCUT2D eigenvalue weighted by Gasteiger charge is -2.18. The van der Waals surface area contributed by atoms with Crippen molar-refractivity contribution < 1.29 is 23.9 Å². The molecule has 7 nitrogen and oxygen atoms in total. The summed E-state index contributed by atoms with van der Waals surface area (Å²) in [5, 5.41) is 6.25. The minimum Gasteiger partial charge on any atom is -0.481 e. The molecule has 2 atom stereocenters. The Morgan fingerprint density at radius 2 is 1.78 bits per heavy atom. The summed E-state index contributed by atoms with van der Waals surface area (Å²) in [5.74, 6) is 0.0139. The largest absolute Gasteiger partial charge is 0.481 e. The highest BCUT2D eigenvalue weighted by Gasteiger charge is 2.29. The molecule has 0 aliphatic heterocycles. The summed E-state index contributed by atoms with van der Waals surface area (Å²) in [6.07, 6.45) is 1.98. The van der Waals surface area contributed by atoms with Crippen molar-refractivity contribution in [3.8, 4) is 5.75 Å². The van der Waals surface area contributed by atoms with Crippen LogP contribution < -0.4 is 15.4 Å². The van der Waals surface area contributed by atoms with Crippen molar-refractivity contribution in [3.05, 3.63) is 76.2 Å². The standard InChI is InChI=1S/C28H30N2O5S/c1-4-34-28(33)24-22-15-10-17(2)16-23(22)36-27(24)30-26(32)19-11-13-21(14-12-19)35-18(3)25(31)29-20-8-6-5-7-9-20/h5-9,11-14,17-18H,4,10,15-16H2,1-3H3,(H,29,31)(H,30,32). The normalized spacial score (nSPS) is 15.4. The molecule has 0 saturated carbocycles. The number of anilines is 2. The molecule has 1 heterocycles. The summed E-state index contributed by atoms with van der Waals surface area (Å²) < 4.78 is 11.0. The van der Waals surface area contributed by atoms with Crippen molar-refractivity contribution in [3.63, 3.8) is 0 Å². The summed E-state index contributed by atoms with van der Waals surface area (Å²) in [7, 11) is 0. The third-order valence-corrected chi connectivity index (χ3v) is 7.23. The average molecular weight is 507 g/mol. The van der Waals surface area contributed by atoms with Gasteiger partial charge in [0.15, 0.2) is 6.10 Å². The smallest absolute Gasteiger partial charge is 0.341 e. The summed E-state index contributed by atoms with van der Waals surface area (Å²) in [4.78, 5) is 39.2. The van der Waals surface area contributed by atoms with E-state index in [1.807, 2.05) is 18.2 Å². The Morgan fingerprint density at radius 3 is 2.47 bits per heavy atom. The highest BCUT2D eigenvalue weighted by atomic mass is 32.1. The van der Waals surface area contributed by atoms with Crippen LogP contribution in [0.25, 0.3) is 0 Å². The molecule has 2 unspecified atom stereocenters. The molecule has 0 radical (unpaired) electrons. The zero-order chi connectivity index (χ0) is 25.7. The number of thiophene rings is 1. The first-order chi connectivity index (χ1) is 17.4. The lowest BCUT2D eigenvalue weighted by molar-refractivity contribution is -0.122. The van der Waals surface area contributed by atoms with E-state index in [4.69, 9.17) is 9.47 Å². The highest BCUT2D eigenvalue weighted by Crippen LogP contribution is 2.40. The molecule has 8 heteroatoms. The first-order valence-corrected chi connectivity index (χ1v) is 12.9. The van der Waals surface area contributed by atoms with Crippen molar-refractivity contribution in [1.29, 1.82) is 0 Å². The summed E-state index contributed by atoms with van der Waals surface area (Å²) in [6.45, 7) is 5.90. The van der Waals surface area contributed by atoms with Gasteiger partial charge < -0.3 is 20.1 Å². The number of para-hydroxylation sites is 1. The number of nitrogens with one attached hydrogen (secondary N) is 2. The van der Waals surface area contributed by atoms with Crippen LogP contribution in [0.15, 0.2) is 54.6 Å². The molecule has 0 saturated heterocycles. The fourth-order valence-electron chi connectivity index (χ4n) is 4.14. The van der Waals surface area contributed by atoms with Crippen molar-refractivity contribution in [2.75, 3.05) is 17.2 Å². The Labute approximate surface area is 214 Å². The van der Waals surface area contributed by atoms with E-state index in [9.17, 15) is 14.4 Å². The fourth-order valence-corrected chi connectivity index (χ4v) is 5.54. The third kappa shape index (κ3) is 5.94. The molecule has 188 valence electrons. The first-order valence-electron chi connectivity index (χ1n) is 12.1. The van der Waals surface area contributed by atoms with Gasteiger partial charge in [0.25, 0.3) is 11.8 Å². The van der Waals surface area contributed by atoms with Crippen LogP contribution in [0.3, 0.4) is 0 Å². The van der Waals surface area contributed by atoms with Gasteiger partial charge in [0.2, 0.25) is 0 Å². The quantitative estimate of drug-likeness (QED) is 0.382. The van der Waals surface area contributed by atoms with Crippen LogP contribution in [0.2, 0.25) is 0 Å². The van der Waals surface area contributed by atoms with Crippen LogP contribution in [0.1, 0.15) is 58.3 Å². The molecule has 0 spiro atoms. The number of amides is 2. The maximum absolute atomic E-state index is 13.0. The topological polar surface area (TPSA) is 93.7 Å². The molecule has 2 amide bonds. The Balaban J connectivity index is 1.43. The molecule has 3 aromatic rings. The summed E-state index contributed by atoms with van der Waals surface area (Å²) >= 11 is 1.46. The molecule has 2 aromatic carbocycles. The Morgan fingerprint density at radius 1 is 1.06 bits per heavy atom. The van der Waals surface area contributed by atoms with Gasteiger partial charge in [-0.2, -0.15) is 0 Å². The molecular weight excluding hydrogens is 476 g/mol. The second-order valence-electron chi connectivity index (χ2n) is 8.87. The number of carbonyl (C=O) groups is 3. The van der Waals surface area contributed by atoms with E-state index in [0.29, 0.717) is 33.5 Å². The van der Waals surface area contributed by atoms with Crippen LogP contribution in [0, 0.1) is 5.92 Å². The molecule has 2 N–H and O–H groups in total. The average Bonchev–Trinajstić information content (AvgIpc) is 3.22. The Bertz CT molecular complexity index is 1240. The zero-order valence-corrected chi connectivity index (χ0v) is 21.4. The molecule has 36 heavy (non-hydrogen) atoms. The van der Waals surface area contributed by atoms with Crippen molar-refractivity contribution in [1.82, 2.24) is 0 Å². The SMILES string of the molecule is CCOC(=O)c1c(NC(=O)c2ccc(OC(C)C(=O)Nc3ccccc3)cc2)sc2c1CCC(C)C2. The molecule has 1 aromatic heterocycles. The van der Waals surface area contributed by atoms with Gasteiger partial charge in [-0.3, -0.25) is 9.59 Å². The van der Waals surface area contributed by atoms with Crippen molar-refractivity contribution in [2.24, 2.45) is 5.92 Å². The van der Waals surface area contributed by atoms with Gasteiger partial charge >= 0.3 is 5.97 Å². The number of benzene rings is 2. The van der Waals surface area contributed by atoms with E-state index < -0.39 is 12.1 Å². The highest BCUT2D eigenvalue weighted by molar-refractivity contribution is 7.17. The van der Waals surface area contributed by atoms with E-state index in [1.54, 1.807) is 50.2 Å². The lowest BCUT2D eigenvalue weighted by atomic mass is 9.88. The van der Waals surface area contributed by atoms with Gasteiger partial charge in [0.05, 0.1) is 12.2 Å². The molecule has 0 fully saturated rings. The molecule has 1 aliphatic carbocycles. The van der Waals surface area contributed by atoms with Gasteiger partial charge in [0.1, 0.15) is 10.8 Å². The zero-order valence-electron chi connectivity index (χ0n) is 20.6. The van der Waals surface area contributed by atoms with Crippen LogP contribution in [0.4, 0.5) is 10.7 Å². The second kappa shape index (κ2) is 11.4. The van der Waals surface area contributed by atoms with E-state index >= 15 is 0 Å². The second-order valence-corrected chi connectivity index (χ2v) is 9.98. The molecular formula is C28H30N2O5S. The number of carbonyl (C=O) groups excluding carboxylic acids is 3. The third-order valence-electron chi connectivity index (χ3n) is 6.06. The lowest BCUT2D eigenvalue weighted by Crippen LogP contribution is -2.30. The number of ether oxygens (including phenoxy) is 2. The monoisotopic (exact) mass is 506 g/mol. The minimum absolute atomic E-state index is 0.273. The fraction of sp³-hybridized carbons (Fsp3) is 0.321. The predicted molar refractivity (Wildman–Crippen MR) is 141 cm³/mol. The van der Waals surface area contributed by atoms with Crippen LogP contribution in [0.5, 0.6) is 5.75 Å². The van der Waals surface area contributed by atoms with Crippen LogP contribution in [-0.4, -0.2) is 30.5 Å². The van der Waals surface area contributed by atoms with E-state index in [-0.39, 0.29) is 18.4 Å². The number of fused-ring (bicyclic) bond motifs is 1. The number of hydrogen-bond acceptors (Lipinski definition) is 6. The van der Waals surface area contributed by atoms with Gasteiger partial charge in [-0.25, -0.2) is 4.79 Å². The number of hydrogen-bond donors (Lipinski definition) is 2. The van der Waals surface area contributed by atoms with Gasteiger partial charge in [-0.05, 0) is 81.0 Å². The molecule has 4 rings (SSSR count). The van der Waals surface area contributed by atoms with Crippen LogP contribution in [-0.2, 0) is 22.4 Å². The van der Waals surface area contributed by atoms with Gasteiger partial charge in [0, 0.05) is 16.1 Å². The maximum atomic E-state index is 13.0. The minimum atomic E-state index is -0.725. The Hall–Kier alpha value is -3.65.